The molecule has 1 unspecified atom stereocenters. The van der Waals surface area contributed by atoms with Gasteiger partial charge in [0.25, 0.3) is 0 Å². The van der Waals surface area contributed by atoms with Gasteiger partial charge in [-0.1, -0.05) is 0 Å². The first kappa shape index (κ1) is 15.8. The smallest absolute Gasteiger partial charge is 0.244 e. The zero-order chi connectivity index (χ0) is 15.5. The molecule has 2 N–H and O–H groups in total. The average Bonchev–Trinajstić information content (AvgIpc) is 3.01. The number of sulfonamides is 1. The third-order valence-electron chi connectivity index (χ3n) is 3.60. The molecule has 0 radical (unpaired) electrons. The van der Waals surface area contributed by atoms with Gasteiger partial charge in [-0.3, -0.25) is 4.79 Å². The third kappa shape index (κ3) is 3.74. The second-order valence-electron chi connectivity index (χ2n) is 5.13. The number of likely N-dealkylation sites (tertiary alicyclic amines) is 1. The van der Waals surface area contributed by atoms with Crippen molar-refractivity contribution in [3.8, 4) is 0 Å². The first-order chi connectivity index (χ1) is 9.94. The summed E-state index contributed by atoms with van der Waals surface area (Å²) in [5, 5.41) is 3.11. The number of anilines is 1. The highest BCUT2D eigenvalue weighted by Gasteiger charge is 2.23. The van der Waals surface area contributed by atoms with E-state index in [2.05, 4.69) is 10.0 Å². The lowest BCUT2D eigenvalue weighted by Gasteiger charge is -2.22. The van der Waals surface area contributed by atoms with E-state index in [1.165, 1.54) is 19.2 Å². The molecule has 1 amide bonds. The van der Waals surface area contributed by atoms with Crippen LogP contribution in [0.1, 0.15) is 19.8 Å². The van der Waals surface area contributed by atoms with Gasteiger partial charge in [-0.2, -0.15) is 0 Å². The van der Waals surface area contributed by atoms with E-state index in [0.29, 0.717) is 0 Å². The summed E-state index contributed by atoms with van der Waals surface area (Å²) in [4.78, 5) is 14.2. The molecule has 21 heavy (non-hydrogen) atoms. The Balaban J connectivity index is 2.01. The number of carbonyl (C=O) groups is 1. The number of hydrogen-bond acceptors (Lipinski definition) is 4. The summed E-state index contributed by atoms with van der Waals surface area (Å²) in [5.74, 6) is 0.0828. The van der Waals surface area contributed by atoms with Gasteiger partial charge in [-0.05, 0) is 51.1 Å². The summed E-state index contributed by atoms with van der Waals surface area (Å²) >= 11 is 0. The number of amides is 1. The van der Waals surface area contributed by atoms with Crippen LogP contribution in [0.2, 0.25) is 0 Å². The van der Waals surface area contributed by atoms with Gasteiger partial charge < -0.3 is 10.2 Å². The van der Waals surface area contributed by atoms with Gasteiger partial charge in [-0.25, -0.2) is 13.1 Å². The first-order valence-electron chi connectivity index (χ1n) is 7.03. The Morgan fingerprint density at radius 2 is 1.76 bits per heavy atom. The van der Waals surface area contributed by atoms with E-state index in [1.807, 2.05) is 11.8 Å². The first-order valence-corrected chi connectivity index (χ1v) is 8.51. The zero-order valence-corrected chi connectivity index (χ0v) is 13.1. The maximum Gasteiger partial charge on any atom is 0.244 e. The molecule has 1 aliphatic rings. The van der Waals surface area contributed by atoms with Crippen LogP contribution in [0.4, 0.5) is 5.69 Å². The Bertz CT molecular complexity index is 592. The fourth-order valence-corrected chi connectivity index (χ4v) is 3.10. The minimum absolute atomic E-state index is 0.0828. The van der Waals surface area contributed by atoms with Gasteiger partial charge in [0, 0.05) is 18.8 Å². The van der Waals surface area contributed by atoms with Crippen LogP contribution < -0.4 is 10.0 Å². The standard InChI is InChI=1S/C14H21N3O3S/c1-11(14(18)17-9-3-4-10-17)16-12-5-7-13(8-6-12)21(19,20)15-2/h5-8,11,15-16H,3-4,9-10H2,1-2H3. The van der Waals surface area contributed by atoms with E-state index in [-0.39, 0.29) is 16.8 Å². The van der Waals surface area contributed by atoms with E-state index in [9.17, 15) is 13.2 Å². The molecule has 0 aromatic heterocycles. The average molecular weight is 311 g/mol. The van der Waals surface area contributed by atoms with Crippen molar-refractivity contribution in [3.05, 3.63) is 24.3 Å². The Labute approximate surface area is 125 Å². The molecule has 1 aliphatic heterocycles. The Hall–Kier alpha value is -1.60. The fraction of sp³-hybridized carbons (Fsp3) is 0.500. The summed E-state index contributed by atoms with van der Waals surface area (Å²) in [5.41, 5.74) is 0.727. The number of nitrogens with one attached hydrogen (secondary N) is 2. The lowest BCUT2D eigenvalue weighted by molar-refractivity contribution is -0.130. The van der Waals surface area contributed by atoms with E-state index in [1.54, 1.807) is 12.1 Å². The Morgan fingerprint density at radius 1 is 1.19 bits per heavy atom. The summed E-state index contributed by atoms with van der Waals surface area (Å²) in [6, 6.07) is 6.04. The van der Waals surface area contributed by atoms with Crippen LogP contribution in [0.15, 0.2) is 29.2 Å². The van der Waals surface area contributed by atoms with Crippen LogP contribution >= 0.6 is 0 Å². The van der Waals surface area contributed by atoms with Crippen molar-refractivity contribution in [2.24, 2.45) is 0 Å². The topological polar surface area (TPSA) is 78.5 Å². The predicted octanol–water partition coefficient (Wildman–Crippen LogP) is 1.02. The zero-order valence-electron chi connectivity index (χ0n) is 12.3. The maximum absolute atomic E-state index is 12.2. The summed E-state index contributed by atoms with van der Waals surface area (Å²) in [6.45, 7) is 3.47. The molecule has 0 bridgehead atoms. The van der Waals surface area contributed by atoms with Crippen molar-refractivity contribution >= 4 is 21.6 Å². The van der Waals surface area contributed by atoms with E-state index in [0.717, 1.165) is 31.6 Å². The minimum atomic E-state index is -3.43. The number of hydrogen-bond donors (Lipinski definition) is 2. The highest BCUT2D eigenvalue weighted by Crippen LogP contribution is 2.16. The lowest BCUT2D eigenvalue weighted by Crippen LogP contribution is -2.39. The molecule has 1 aromatic rings. The normalized spacial score (nSPS) is 16.8. The van der Waals surface area contributed by atoms with E-state index >= 15 is 0 Å². The van der Waals surface area contributed by atoms with E-state index in [4.69, 9.17) is 0 Å². The van der Waals surface area contributed by atoms with Crippen LogP contribution in [0.25, 0.3) is 0 Å². The maximum atomic E-state index is 12.2. The fourth-order valence-electron chi connectivity index (χ4n) is 2.37. The van der Waals surface area contributed by atoms with Gasteiger partial charge in [-0.15, -0.1) is 0 Å². The molecule has 0 saturated carbocycles. The summed E-state index contributed by atoms with van der Waals surface area (Å²) < 4.78 is 25.5. The monoisotopic (exact) mass is 311 g/mol. The number of benzene rings is 1. The lowest BCUT2D eigenvalue weighted by atomic mass is 10.2. The summed E-state index contributed by atoms with van der Waals surface area (Å²) in [7, 11) is -2.05. The molecule has 7 heteroatoms. The van der Waals surface area contributed by atoms with Crippen molar-refractivity contribution in [2.75, 3.05) is 25.5 Å². The van der Waals surface area contributed by atoms with Crippen LogP contribution in [0.5, 0.6) is 0 Å². The summed E-state index contributed by atoms with van der Waals surface area (Å²) in [6.07, 6.45) is 2.13. The largest absolute Gasteiger partial charge is 0.374 e. The molecule has 116 valence electrons. The third-order valence-corrected chi connectivity index (χ3v) is 5.03. The molecule has 0 aliphatic carbocycles. The quantitative estimate of drug-likeness (QED) is 0.851. The van der Waals surface area contributed by atoms with Crippen LogP contribution in [0, 0.1) is 0 Å². The molecular formula is C14H21N3O3S. The van der Waals surface area contributed by atoms with Crippen molar-refractivity contribution in [1.82, 2.24) is 9.62 Å². The molecule has 1 saturated heterocycles. The van der Waals surface area contributed by atoms with E-state index < -0.39 is 10.0 Å². The number of rotatable bonds is 5. The second-order valence-corrected chi connectivity index (χ2v) is 7.02. The molecular weight excluding hydrogens is 290 g/mol. The minimum Gasteiger partial charge on any atom is -0.374 e. The van der Waals surface area contributed by atoms with Crippen molar-refractivity contribution < 1.29 is 13.2 Å². The van der Waals surface area contributed by atoms with Gasteiger partial charge in [0.2, 0.25) is 15.9 Å². The highest BCUT2D eigenvalue weighted by molar-refractivity contribution is 7.89. The van der Waals surface area contributed by atoms with Gasteiger partial charge in [0.15, 0.2) is 0 Å². The van der Waals surface area contributed by atoms with Crippen LogP contribution in [-0.2, 0) is 14.8 Å². The van der Waals surface area contributed by atoms with Gasteiger partial charge in [0.05, 0.1) is 4.90 Å². The van der Waals surface area contributed by atoms with Gasteiger partial charge in [0.1, 0.15) is 6.04 Å². The second kappa shape index (κ2) is 6.44. The molecule has 6 nitrogen and oxygen atoms in total. The SMILES string of the molecule is CNS(=O)(=O)c1ccc(NC(C)C(=O)N2CCCC2)cc1. The number of carbonyl (C=O) groups excluding carboxylic acids is 1. The van der Waals surface area contributed by atoms with Crippen LogP contribution in [-0.4, -0.2) is 45.4 Å². The predicted molar refractivity (Wildman–Crippen MR) is 81.6 cm³/mol. The molecule has 0 spiro atoms. The number of nitrogens with zero attached hydrogens (tertiary/aromatic N) is 1. The van der Waals surface area contributed by atoms with Crippen molar-refractivity contribution in [3.63, 3.8) is 0 Å². The molecule has 2 rings (SSSR count). The molecule has 1 aromatic carbocycles. The van der Waals surface area contributed by atoms with Crippen molar-refractivity contribution in [2.45, 2.75) is 30.7 Å². The Morgan fingerprint density at radius 3 is 2.29 bits per heavy atom. The van der Waals surface area contributed by atoms with Gasteiger partial charge >= 0.3 is 0 Å². The highest BCUT2D eigenvalue weighted by atomic mass is 32.2. The molecule has 1 fully saturated rings. The molecule has 1 atom stereocenters. The van der Waals surface area contributed by atoms with Crippen molar-refractivity contribution in [1.29, 1.82) is 0 Å². The Kier molecular flexibility index (Phi) is 4.84. The van der Waals surface area contributed by atoms with Crippen LogP contribution in [0.3, 0.4) is 0 Å². The molecule has 1 heterocycles.